The Morgan fingerprint density at radius 1 is 1.20 bits per heavy atom. The molecule has 0 aliphatic heterocycles. The quantitative estimate of drug-likeness (QED) is 0.789. The largest absolute Gasteiger partial charge is 0.354 e. The summed E-state index contributed by atoms with van der Waals surface area (Å²) in [5, 5.41) is 4.28. The summed E-state index contributed by atoms with van der Waals surface area (Å²) in [4.78, 5) is 13.5. The maximum Gasteiger partial charge on any atom is 0.225 e. The van der Waals surface area contributed by atoms with Crippen LogP contribution in [0, 0.1) is 6.92 Å². The minimum Gasteiger partial charge on any atom is -0.354 e. The van der Waals surface area contributed by atoms with Crippen molar-refractivity contribution < 1.29 is 0 Å². The Hall–Kier alpha value is -2.43. The fourth-order valence-electron chi connectivity index (χ4n) is 2.16. The maximum atomic E-state index is 4.64. The van der Waals surface area contributed by atoms with Crippen molar-refractivity contribution in [1.29, 1.82) is 0 Å². The van der Waals surface area contributed by atoms with Crippen LogP contribution in [0.3, 0.4) is 0 Å². The summed E-state index contributed by atoms with van der Waals surface area (Å²) < 4.78 is 1.99. The average Bonchev–Trinajstić information content (AvgIpc) is 2.90. The first kappa shape index (κ1) is 12.6. The third-order valence-electron chi connectivity index (χ3n) is 3.17. The van der Waals surface area contributed by atoms with Crippen LogP contribution in [0.15, 0.2) is 36.7 Å². The van der Waals surface area contributed by atoms with E-state index in [0.29, 0.717) is 5.95 Å². The number of nitrogens with one attached hydrogen (secondary N) is 1. The van der Waals surface area contributed by atoms with Crippen LogP contribution in [-0.4, -0.2) is 26.1 Å². The predicted octanol–water partition coefficient (Wildman–Crippen LogP) is 2.95. The van der Waals surface area contributed by atoms with Crippen molar-refractivity contribution in [2.45, 2.75) is 20.3 Å². The highest BCUT2D eigenvalue weighted by molar-refractivity contribution is 5.86. The number of imidazole rings is 1. The average molecular weight is 267 g/mol. The van der Waals surface area contributed by atoms with E-state index in [-0.39, 0.29) is 0 Å². The van der Waals surface area contributed by atoms with E-state index in [1.165, 1.54) is 0 Å². The third-order valence-corrected chi connectivity index (χ3v) is 3.17. The molecule has 0 unspecified atom stereocenters. The molecule has 0 bridgehead atoms. The number of benzene rings is 1. The summed E-state index contributed by atoms with van der Waals surface area (Å²) in [6.07, 6.45) is 4.74. The second-order valence-corrected chi connectivity index (χ2v) is 4.66. The van der Waals surface area contributed by atoms with Gasteiger partial charge in [-0.25, -0.2) is 9.97 Å². The molecular formula is C15H17N5. The van der Waals surface area contributed by atoms with E-state index in [1.54, 1.807) is 6.20 Å². The maximum absolute atomic E-state index is 4.64. The first-order valence-corrected chi connectivity index (χ1v) is 6.80. The Bertz CT molecular complexity index is 732. The first-order chi connectivity index (χ1) is 9.79. The van der Waals surface area contributed by atoms with Crippen LogP contribution in [0.1, 0.15) is 19.2 Å². The molecule has 1 aromatic carbocycles. The Balaban J connectivity index is 2.20. The Morgan fingerprint density at radius 3 is 2.80 bits per heavy atom. The van der Waals surface area contributed by atoms with Crippen molar-refractivity contribution in [3.8, 4) is 5.82 Å². The summed E-state index contributed by atoms with van der Waals surface area (Å²) in [7, 11) is 0. The zero-order chi connectivity index (χ0) is 13.9. The lowest BCUT2D eigenvalue weighted by Crippen LogP contribution is -2.08. The first-order valence-electron chi connectivity index (χ1n) is 6.80. The van der Waals surface area contributed by atoms with Gasteiger partial charge in [-0.2, -0.15) is 4.98 Å². The van der Waals surface area contributed by atoms with Crippen LogP contribution in [0.25, 0.3) is 16.7 Å². The predicted molar refractivity (Wildman–Crippen MR) is 80.2 cm³/mol. The number of aryl methyl sites for hydroxylation is 1. The van der Waals surface area contributed by atoms with Crippen molar-refractivity contribution in [3.63, 3.8) is 0 Å². The molecule has 2 heterocycles. The van der Waals surface area contributed by atoms with Gasteiger partial charge in [0.1, 0.15) is 5.82 Å². The van der Waals surface area contributed by atoms with Crippen LogP contribution in [0.2, 0.25) is 0 Å². The van der Waals surface area contributed by atoms with Crippen molar-refractivity contribution in [2.75, 3.05) is 11.9 Å². The standard InChI is InChI=1S/C15H17N5/c1-3-8-17-15-18-13-7-5-4-6-12(13)14(19-15)20-10-9-16-11(20)2/h4-7,9-10H,3,8H2,1-2H3,(H,17,18,19). The smallest absolute Gasteiger partial charge is 0.225 e. The molecule has 0 atom stereocenters. The van der Waals surface area contributed by atoms with Gasteiger partial charge in [-0.3, -0.25) is 4.57 Å². The molecule has 3 rings (SSSR count). The SMILES string of the molecule is CCCNc1nc(-n2ccnc2C)c2ccccc2n1. The van der Waals surface area contributed by atoms with Gasteiger partial charge in [0.05, 0.1) is 5.52 Å². The topological polar surface area (TPSA) is 55.6 Å². The number of anilines is 1. The van der Waals surface area contributed by atoms with E-state index in [0.717, 1.165) is 35.5 Å². The van der Waals surface area contributed by atoms with E-state index in [2.05, 4.69) is 27.2 Å². The summed E-state index contributed by atoms with van der Waals surface area (Å²) in [6, 6.07) is 8.03. The number of hydrogen-bond donors (Lipinski definition) is 1. The van der Waals surface area contributed by atoms with Gasteiger partial charge in [-0.1, -0.05) is 19.1 Å². The van der Waals surface area contributed by atoms with Gasteiger partial charge in [0.15, 0.2) is 5.82 Å². The van der Waals surface area contributed by atoms with Crippen LogP contribution < -0.4 is 5.32 Å². The second-order valence-electron chi connectivity index (χ2n) is 4.66. The highest BCUT2D eigenvalue weighted by Gasteiger charge is 2.10. The molecule has 0 saturated carbocycles. The number of nitrogens with zero attached hydrogens (tertiary/aromatic N) is 4. The second kappa shape index (κ2) is 5.28. The van der Waals surface area contributed by atoms with E-state index in [4.69, 9.17) is 0 Å². The van der Waals surface area contributed by atoms with Crippen LogP contribution in [-0.2, 0) is 0 Å². The fourth-order valence-corrected chi connectivity index (χ4v) is 2.16. The zero-order valence-electron chi connectivity index (χ0n) is 11.7. The lowest BCUT2D eigenvalue weighted by Gasteiger charge is -2.11. The molecule has 0 aliphatic rings. The number of hydrogen-bond acceptors (Lipinski definition) is 4. The molecule has 0 amide bonds. The summed E-state index contributed by atoms with van der Waals surface area (Å²) in [6.45, 7) is 4.95. The normalized spacial score (nSPS) is 10.9. The highest BCUT2D eigenvalue weighted by Crippen LogP contribution is 2.21. The molecule has 102 valence electrons. The van der Waals surface area contributed by atoms with Crippen LogP contribution >= 0.6 is 0 Å². The number of para-hydroxylation sites is 1. The molecule has 5 heteroatoms. The van der Waals surface area contributed by atoms with Crippen LogP contribution in [0.5, 0.6) is 0 Å². The number of fused-ring (bicyclic) bond motifs is 1. The lowest BCUT2D eigenvalue weighted by molar-refractivity contribution is 0.917. The molecule has 5 nitrogen and oxygen atoms in total. The Labute approximate surface area is 117 Å². The zero-order valence-corrected chi connectivity index (χ0v) is 11.7. The van der Waals surface area contributed by atoms with E-state index >= 15 is 0 Å². The molecule has 0 radical (unpaired) electrons. The van der Waals surface area contributed by atoms with E-state index in [1.807, 2.05) is 42.0 Å². The van der Waals surface area contributed by atoms with Gasteiger partial charge in [0.25, 0.3) is 0 Å². The van der Waals surface area contributed by atoms with Gasteiger partial charge < -0.3 is 5.32 Å². The third kappa shape index (κ3) is 2.22. The minimum atomic E-state index is 0.661. The molecular weight excluding hydrogens is 250 g/mol. The fraction of sp³-hybridized carbons (Fsp3) is 0.267. The lowest BCUT2D eigenvalue weighted by atomic mass is 10.2. The van der Waals surface area contributed by atoms with Crippen LogP contribution in [0.4, 0.5) is 5.95 Å². The molecule has 2 aromatic heterocycles. The molecule has 20 heavy (non-hydrogen) atoms. The van der Waals surface area contributed by atoms with Crippen molar-refractivity contribution >= 4 is 16.9 Å². The van der Waals surface area contributed by atoms with Gasteiger partial charge >= 0.3 is 0 Å². The number of aromatic nitrogens is 4. The van der Waals surface area contributed by atoms with Crippen molar-refractivity contribution in [2.24, 2.45) is 0 Å². The Morgan fingerprint density at radius 2 is 2.05 bits per heavy atom. The number of rotatable bonds is 4. The minimum absolute atomic E-state index is 0.661. The summed E-state index contributed by atoms with van der Waals surface area (Å²) >= 11 is 0. The molecule has 0 aliphatic carbocycles. The monoisotopic (exact) mass is 267 g/mol. The van der Waals surface area contributed by atoms with Gasteiger partial charge in [-0.05, 0) is 25.5 Å². The van der Waals surface area contributed by atoms with Crippen molar-refractivity contribution in [3.05, 3.63) is 42.5 Å². The highest BCUT2D eigenvalue weighted by atomic mass is 15.2. The molecule has 1 N–H and O–H groups in total. The van der Waals surface area contributed by atoms with E-state index < -0.39 is 0 Å². The van der Waals surface area contributed by atoms with E-state index in [9.17, 15) is 0 Å². The molecule has 3 aromatic rings. The van der Waals surface area contributed by atoms with Gasteiger partial charge in [0, 0.05) is 24.3 Å². The Kier molecular flexibility index (Phi) is 3.33. The summed E-state index contributed by atoms with van der Waals surface area (Å²) in [5.41, 5.74) is 0.934. The molecule has 0 spiro atoms. The summed E-state index contributed by atoms with van der Waals surface area (Å²) in [5.74, 6) is 2.44. The molecule has 0 saturated heterocycles. The van der Waals surface area contributed by atoms with Crippen molar-refractivity contribution in [1.82, 2.24) is 19.5 Å². The van der Waals surface area contributed by atoms with Gasteiger partial charge in [-0.15, -0.1) is 0 Å². The molecule has 0 fully saturated rings. The van der Waals surface area contributed by atoms with Gasteiger partial charge in [0.2, 0.25) is 5.95 Å².